The van der Waals surface area contributed by atoms with Gasteiger partial charge >= 0.3 is 0 Å². The summed E-state index contributed by atoms with van der Waals surface area (Å²) >= 11 is 0. The predicted octanol–water partition coefficient (Wildman–Crippen LogP) is 5.09. The third kappa shape index (κ3) is 5.61. The molecule has 1 amide bonds. The molecule has 4 heteroatoms. The molecule has 0 saturated carbocycles. The Labute approximate surface area is 166 Å². The van der Waals surface area contributed by atoms with Crippen molar-refractivity contribution in [3.8, 4) is 11.5 Å². The van der Waals surface area contributed by atoms with E-state index in [4.69, 9.17) is 9.47 Å². The molecule has 0 aliphatic carbocycles. The van der Waals surface area contributed by atoms with Gasteiger partial charge in [0, 0.05) is 12.1 Å². The quantitative estimate of drug-likeness (QED) is 0.489. The van der Waals surface area contributed by atoms with E-state index in [1.54, 1.807) is 7.11 Å². The fourth-order valence-electron chi connectivity index (χ4n) is 2.92. The molecule has 0 fully saturated rings. The lowest BCUT2D eigenvalue weighted by Gasteiger charge is -2.23. The second kappa shape index (κ2) is 10.2. The van der Waals surface area contributed by atoms with E-state index in [1.165, 1.54) is 0 Å². The van der Waals surface area contributed by atoms with Crippen molar-refractivity contribution in [1.29, 1.82) is 0 Å². The summed E-state index contributed by atoms with van der Waals surface area (Å²) in [5.74, 6) is 1.66. The van der Waals surface area contributed by atoms with Crippen molar-refractivity contribution >= 4 is 11.6 Å². The first-order chi connectivity index (χ1) is 13.8. The standard InChI is InChI=1S/C24H25NO3/c1-27-22-14-16-23(17-15-22)28-18-8-13-24(26)25(21-11-6-3-7-12-21)19-20-9-4-2-5-10-20/h2-7,9-12,14-17H,8,13,18-19H2,1H3. The fraction of sp³-hybridized carbons (Fsp3) is 0.208. The van der Waals surface area contributed by atoms with Gasteiger partial charge in [0.1, 0.15) is 11.5 Å². The number of rotatable bonds is 9. The van der Waals surface area contributed by atoms with Crippen molar-refractivity contribution < 1.29 is 14.3 Å². The number of ether oxygens (including phenoxy) is 2. The van der Waals surface area contributed by atoms with Crippen LogP contribution in [0.2, 0.25) is 0 Å². The minimum absolute atomic E-state index is 0.0911. The lowest BCUT2D eigenvalue weighted by atomic mass is 10.1. The number of hydrogen-bond donors (Lipinski definition) is 0. The molecular formula is C24H25NO3. The van der Waals surface area contributed by atoms with Crippen LogP contribution in [0.4, 0.5) is 5.69 Å². The van der Waals surface area contributed by atoms with Gasteiger partial charge in [-0.25, -0.2) is 0 Å². The SMILES string of the molecule is COc1ccc(OCCCC(=O)N(Cc2ccccc2)c2ccccc2)cc1. The van der Waals surface area contributed by atoms with E-state index in [-0.39, 0.29) is 5.91 Å². The molecule has 0 unspecified atom stereocenters. The highest BCUT2D eigenvalue weighted by atomic mass is 16.5. The van der Waals surface area contributed by atoms with Crippen LogP contribution in [0.15, 0.2) is 84.9 Å². The highest BCUT2D eigenvalue weighted by Crippen LogP contribution is 2.20. The Morgan fingerprint density at radius 1 is 0.821 bits per heavy atom. The predicted molar refractivity (Wildman–Crippen MR) is 112 cm³/mol. The molecule has 3 rings (SSSR count). The van der Waals surface area contributed by atoms with E-state index in [9.17, 15) is 4.79 Å². The molecule has 0 heterocycles. The maximum Gasteiger partial charge on any atom is 0.227 e. The smallest absolute Gasteiger partial charge is 0.227 e. The minimum atomic E-state index is 0.0911. The second-order valence-corrected chi connectivity index (χ2v) is 6.43. The summed E-state index contributed by atoms with van der Waals surface area (Å²) in [5.41, 5.74) is 2.02. The summed E-state index contributed by atoms with van der Waals surface area (Å²) in [6.45, 7) is 1.05. The van der Waals surface area contributed by atoms with Crippen molar-refractivity contribution in [3.63, 3.8) is 0 Å². The summed E-state index contributed by atoms with van der Waals surface area (Å²) in [6.07, 6.45) is 1.08. The van der Waals surface area contributed by atoms with E-state index in [0.717, 1.165) is 22.7 Å². The van der Waals surface area contributed by atoms with Gasteiger partial charge in [0.05, 0.1) is 20.3 Å². The zero-order chi connectivity index (χ0) is 19.6. The van der Waals surface area contributed by atoms with Crippen LogP contribution in [0.25, 0.3) is 0 Å². The molecule has 0 bridgehead atoms. The lowest BCUT2D eigenvalue weighted by Crippen LogP contribution is -2.30. The van der Waals surface area contributed by atoms with E-state index in [0.29, 0.717) is 26.0 Å². The van der Waals surface area contributed by atoms with E-state index >= 15 is 0 Å². The summed E-state index contributed by atoms with van der Waals surface area (Å²) in [5, 5.41) is 0. The van der Waals surface area contributed by atoms with Crippen molar-refractivity contribution in [2.24, 2.45) is 0 Å². The Morgan fingerprint density at radius 3 is 2.07 bits per heavy atom. The van der Waals surface area contributed by atoms with Crippen LogP contribution >= 0.6 is 0 Å². The number of amides is 1. The average molecular weight is 375 g/mol. The molecule has 0 N–H and O–H groups in total. The van der Waals surface area contributed by atoms with Gasteiger partial charge < -0.3 is 14.4 Å². The van der Waals surface area contributed by atoms with Crippen LogP contribution in [0.1, 0.15) is 18.4 Å². The van der Waals surface area contributed by atoms with Gasteiger partial charge in [0.25, 0.3) is 0 Å². The Balaban J connectivity index is 1.56. The molecule has 0 spiro atoms. The molecule has 0 aromatic heterocycles. The van der Waals surface area contributed by atoms with Gasteiger partial charge in [-0.1, -0.05) is 48.5 Å². The topological polar surface area (TPSA) is 38.8 Å². The Morgan fingerprint density at radius 2 is 1.43 bits per heavy atom. The number of nitrogens with zero attached hydrogens (tertiary/aromatic N) is 1. The fourth-order valence-corrected chi connectivity index (χ4v) is 2.92. The van der Waals surface area contributed by atoms with Crippen LogP contribution in [-0.2, 0) is 11.3 Å². The van der Waals surface area contributed by atoms with Crippen LogP contribution in [-0.4, -0.2) is 19.6 Å². The van der Waals surface area contributed by atoms with E-state index in [2.05, 4.69) is 0 Å². The van der Waals surface area contributed by atoms with Crippen LogP contribution < -0.4 is 14.4 Å². The molecular weight excluding hydrogens is 350 g/mol. The summed E-state index contributed by atoms with van der Waals surface area (Å²) in [4.78, 5) is 14.7. The first-order valence-corrected chi connectivity index (χ1v) is 9.42. The van der Waals surface area contributed by atoms with Crippen LogP contribution in [0, 0.1) is 0 Å². The highest BCUT2D eigenvalue weighted by Gasteiger charge is 2.15. The van der Waals surface area contributed by atoms with Gasteiger partial charge in [-0.2, -0.15) is 0 Å². The first-order valence-electron chi connectivity index (χ1n) is 9.42. The van der Waals surface area contributed by atoms with Crippen molar-refractivity contribution in [3.05, 3.63) is 90.5 Å². The third-order valence-corrected chi connectivity index (χ3v) is 4.42. The molecule has 0 atom stereocenters. The molecule has 0 radical (unpaired) electrons. The molecule has 3 aromatic carbocycles. The molecule has 144 valence electrons. The summed E-state index contributed by atoms with van der Waals surface area (Å²) in [6, 6.07) is 27.3. The molecule has 4 nitrogen and oxygen atoms in total. The maximum absolute atomic E-state index is 12.9. The van der Waals surface area contributed by atoms with Gasteiger partial charge in [-0.3, -0.25) is 4.79 Å². The van der Waals surface area contributed by atoms with Gasteiger partial charge in [-0.05, 0) is 48.4 Å². The largest absolute Gasteiger partial charge is 0.497 e. The number of para-hydroxylation sites is 1. The van der Waals surface area contributed by atoms with Crippen molar-refractivity contribution in [2.75, 3.05) is 18.6 Å². The normalized spacial score (nSPS) is 10.3. The van der Waals surface area contributed by atoms with Gasteiger partial charge in [-0.15, -0.1) is 0 Å². The summed E-state index contributed by atoms with van der Waals surface area (Å²) < 4.78 is 10.9. The number of benzene rings is 3. The molecule has 3 aromatic rings. The Bertz CT molecular complexity index is 848. The maximum atomic E-state index is 12.9. The summed E-state index contributed by atoms with van der Waals surface area (Å²) in [7, 11) is 1.63. The van der Waals surface area contributed by atoms with Crippen molar-refractivity contribution in [2.45, 2.75) is 19.4 Å². The van der Waals surface area contributed by atoms with E-state index < -0.39 is 0 Å². The number of hydrogen-bond acceptors (Lipinski definition) is 3. The third-order valence-electron chi connectivity index (χ3n) is 4.42. The lowest BCUT2D eigenvalue weighted by molar-refractivity contribution is -0.119. The Hall–Kier alpha value is -3.27. The Kier molecular flexibility index (Phi) is 7.08. The number of anilines is 1. The number of carbonyl (C=O) groups is 1. The van der Waals surface area contributed by atoms with E-state index in [1.807, 2.05) is 89.8 Å². The van der Waals surface area contributed by atoms with Gasteiger partial charge in [0.15, 0.2) is 0 Å². The molecule has 0 aliphatic rings. The zero-order valence-electron chi connectivity index (χ0n) is 16.1. The number of carbonyl (C=O) groups excluding carboxylic acids is 1. The van der Waals surface area contributed by atoms with Gasteiger partial charge in [0.2, 0.25) is 5.91 Å². The second-order valence-electron chi connectivity index (χ2n) is 6.43. The van der Waals surface area contributed by atoms with Crippen molar-refractivity contribution in [1.82, 2.24) is 0 Å². The number of methoxy groups -OCH3 is 1. The molecule has 0 saturated heterocycles. The van der Waals surface area contributed by atoms with Crippen LogP contribution in [0.3, 0.4) is 0 Å². The highest BCUT2D eigenvalue weighted by molar-refractivity contribution is 5.93. The first kappa shape index (κ1) is 19.5. The minimum Gasteiger partial charge on any atom is -0.497 e. The zero-order valence-corrected chi connectivity index (χ0v) is 16.1. The van der Waals surface area contributed by atoms with Crippen LogP contribution in [0.5, 0.6) is 11.5 Å². The monoisotopic (exact) mass is 375 g/mol. The average Bonchev–Trinajstić information content (AvgIpc) is 2.76. The molecule has 28 heavy (non-hydrogen) atoms. The molecule has 0 aliphatic heterocycles.